The zero-order chi connectivity index (χ0) is 15.9. The van der Waals surface area contributed by atoms with E-state index in [4.69, 9.17) is 0 Å². The van der Waals surface area contributed by atoms with Gasteiger partial charge in [-0.1, -0.05) is 48.0 Å². The van der Waals surface area contributed by atoms with E-state index in [1.807, 2.05) is 57.8 Å². The number of hydrogen-bond donors (Lipinski definition) is 0. The molecule has 0 saturated heterocycles. The summed E-state index contributed by atoms with van der Waals surface area (Å²) in [5.74, 6) is 1.18. The number of halogens is 1. The van der Waals surface area contributed by atoms with Gasteiger partial charge < -0.3 is 0 Å². The molecular formula is C20H27BrFeO+3. The first kappa shape index (κ1) is 23.7. The first-order valence-corrected chi connectivity index (χ1v) is 9.44. The number of ketones is 1. The number of rotatable bonds is 10. The maximum absolute atomic E-state index is 11.7. The molecule has 0 atom stereocenters. The summed E-state index contributed by atoms with van der Waals surface area (Å²) in [6.45, 7) is 0. The maximum Gasteiger partial charge on any atom is 3.00 e. The van der Waals surface area contributed by atoms with Gasteiger partial charge in [0, 0.05) is 17.7 Å². The summed E-state index contributed by atoms with van der Waals surface area (Å²) in [4.78, 5) is 11.7. The van der Waals surface area contributed by atoms with Crippen LogP contribution < -0.4 is 0 Å². The fraction of sp³-hybridized carbons (Fsp3) is 0.450. The quantitative estimate of drug-likeness (QED) is 0.260. The molecule has 0 spiro atoms. The average Bonchev–Trinajstić information content (AvgIpc) is 3.25. The normalized spacial score (nSPS) is 17.4. The molecular weight excluding hydrogens is 392 g/mol. The minimum Gasteiger partial charge on any atom is -0.299 e. The van der Waals surface area contributed by atoms with Crippen molar-refractivity contribution in [2.75, 3.05) is 5.33 Å². The molecule has 2 rings (SSSR count). The van der Waals surface area contributed by atoms with Crippen molar-refractivity contribution in [1.29, 1.82) is 0 Å². The third-order valence-corrected chi connectivity index (χ3v) is 4.14. The van der Waals surface area contributed by atoms with E-state index in [2.05, 4.69) is 15.9 Å². The van der Waals surface area contributed by atoms with E-state index >= 15 is 0 Å². The molecule has 0 aromatic rings. The van der Waals surface area contributed by atoms with Gasteiger partial charge in [-0.05, 0) is 70.6 Å². The van der Waals surface area contributed by atoms with Gasteiger partial charge in [-0.2, -0.15) is 0 Å². The topological polar surface area (TPSA) is 17.1 Å². The van der Waals surface area contributed by atoms with Crippen molar-refractivity contribution in [2.24, 2.45) is 0 Å². The fourth-order valence-corrected chi connectivity index (χ4v) is 2.69. The Labute approximate surface area is 163 Å². The molecule has 0 bridgehead atoms. The Balaban J connectivity index is 0.000000684. The molecule has 2 saturated carbocycles. The molecule has 0 amide bonds. The van der Waals surface area contributed by atoms with Crippen LogP contribution in [0.15, 0.2) is 0 Å². The Morgan fingerprint density at radius 2 is 1.13 bits per heavy atom. The second kappa shape index (κ2) is 17.5. The molecule has 125 valence electrons. The van der Waals surface area contributed by atoms with Gasteiger partial charge in [0.15, 0.2) is 0 Å². The predicted molar refractivity (Wildman–Crippen MR) is 97.7 cm³/mol. The minimum absolute atomic E-state index is 0. The zero-order valence-corrected chi connectivity index (χ0v) is 16.4. The Morgan fingerprint density at radius 3 is 1.61 bits per heavy atom. The Hall–Kier alpha value is 0.669. The number of Topliss-reactive ketones (excluding diaryl/α,β-unsaturated/α-hetero) is 1. The van der Waals surface area contributed by atoms with E-state index in [0.29, 0.717) is 12.2 Å². The summed E-state index contributed by atoms with van der Waals surface area (Å²) >= 11 is 3.44. The van der Waals surface area contributed by atoms with E-state index in [9.17, 15) is 4.79 Å². The van der Waals surface area contributed by atoms with Crippen LogP contribution in [0.3, 0.4) is 0 Å². The third kappa shape index (κ3) is 13.6. The molecule has 11 radical (unpaired) electrons. The smallest absolute Gasteiger partial charge is 0.299 e. The van der Waals surface area contributed by atoms with Crippen molar-refractivity contribution in [3.8, 4) is 0 Å². The van der Waals surface area contributed by atoms with Gasteiger partial charge in [0.2, 0.25) is 0 Å². The first-order chi connectivity index (χ1) is 10.8. The largest absolute Gasteiger partial charge is 3.00 e. The molecule has 2 fully saturated rings. The van der Waals surface area contributed by atoms with Crippen LogP contribution >= 0.6 is 15.9 Å². The third-order valence-electron chi connectivity index (χ3n) is 3.58. The van der Waals surface area contributed by atoms with Crippen LogP contribution in [0.5, 0.6) is 0 Å². The van der Waals surface area contributed by atoms with Crippen molar-refractivity contribution in [2.45, 2.75) is 51.4 Å². The standard InChI is InChI=1S/C15H22BrO.C5H5.Fe/c16-13-9-5-3-1-2-4-6-12-15(17)14-10-7-8-11-14;1-2-4-5-3-1;/h7-8,10-11H,1-6,9,12-13H2;1-5H;/q;;+3. The van der Waals surface area contributed by atoms with Gasteiger partial charge in [-0.3, -0.25) is 4.79 Å². The SMILES string of the molecule is O=C(CCCCCCCCCBr)[C]1[CH][CH][CH][CH]1.[CH]1[CH][CH][CH][CH]1.[Fe+3]. The number of hydrogen-bond acceptors (Lipinski definition) is 1. The van der Waals surface area contributed by atoms with E-state index in [0.717, 1.165) is 17.7 Å². The molecule has 0 aliphatic heterocycles. The van der Waals surface area contributed by atoms with E-state index < -0.39 is 0 Å². The summed E-state index contributed by atoms with van der Waals surface area (Å²) in [7, 11) is 0. The molecule has 0 aromatic carbocycles. The summed E-state index contributed by atoms with van der Waals surface area (Å²) in [5.41, 5.74) is 0. The molecule has 0 N–H and O–H groups in total. The van der Waals surface area contributed by atoms with Crippen molar-refractivity contribution in [3.05, 3.63) is 63.7 Å². The van der Waals surface area contributed by atoms with Crippen LogP contribution in [0.2, 0.25) is 0 Å². The van der Waals surface area contributed by atoms with E-state index in [1.165, 1.54) is 38.5 Å². The molecule has 0 unspecified atom stereocenters. The van der Waals surface area contributed by atoms with Crippen molar-refractivity contribution in [3.63, 3.8) is 0 Å². The monoisotopic (exact) mass is 418 g/mol. The molecule has 3 heteroatoms. The van der Waals surface area contributed by atoms with E-state index in [1.54, 1.807) is 0 Å². The van der Waals surface area contributed by atoms with Gasteiger partial charge >= 0.3 is 17.1 Å². The number of carbonyl (C=O) groups excluding carboxylic acids is 1. The van der Waals surface area contributed by atoms with Gasteiger partial charge in [-0.25, -0.2) is 0 Å². The first-order valence-electron chi connectivity index (χ1n) is 8.32. The predicted octanol–water partition coefficient (Wildman–Crippen LogP) is 5.50. The van der Waals surface area contributed by atoms with Gasteiger partial charge in [-0.15, -0.1) is 0 Å². The average molecular weight is 419 g/mol. The summed E-state index contributed by atoms with van der Waals surface area (Å²) in [6, 6.07) is 0. The molecule has 2 aliphatic rings. The van der Waals surface area contributed by atoms with Crippen molar-refractivity contribution in [1.82, 2.24) is 0 Å². The van der Waals surface area contributed by atoms with Crippen LogP contribution in [-0.2, 0) is 21.9 Å². The maximum atomic E-state index is 11.7. The Kier molecular flexibility index (Phi) is 18.0. The molecule has 0 aromatic heterocycles. The summed E-state index contributed by atoms with van der Waals surface area (Å²) in [5, 5.41) is 1.13. The summed E-state index contributed by atoms with van der Waals surface area (Å²) < 4.78 is 0. The van der Waals surface area contributed by atoms with Crippen LogP contribution in [0.4, 0.5) is 0 Å². The Bertz CT molecular complexity index is 253. The minimum atomic E-state index is 0. The molecule has 23 heavy (non-hydrogen) atoms. The van der Waals surface area contributed by atoms with Crippen LogP contribution in [0.25, 0.3) is 0 Å². The van der Waals surface area contributed by atoms with Crippen LogP contribution in [0.1, 0.15) is 51.4 Å². The number of carbonyl (C=O) groups is 1. The molecule has 0 heterocycles. The van der Waals surface area contributed by atoms with Crippen molar-refractivity contribution >= 4 is 21.7 Å². The van der Waals surface area contributed by atoms with Gasteiger partial charge in [0.25, 0.3) is 0 Å². The number of alkyl halides is 1. The van der Waals surface area contributed by atoms with E-state index in [-0.39, 0.29) is 17.1 Å². The fourth-order valence-electron chi connectivity index (χ4n) is 2.29. The Morgan fingerprint density at radius 1 is 0.696 bits per heavy atom. The molecule has 1 nitrogen and oxygen atoms in total. The second-order valence-corrected chi connectivity index (χ2v) is 6.27. The number of unbranched alkanes of at least 4 members (excludes halogenated alkanes) is 6. The van der Waals surface area contributed by atoms with Crippen molar-refractivity contribution < 1.29 is 21.9 Å². The molecule has 2 aliphatic carbocycles. The summed E-state index contributed by atoms with van der Waals surface area (Å²) in [6.07, 6.45) is 27.2. The van der Waals surface area contributed by atoms with Crippen LogP contribution in [0, 0.1) is 63.7 Å². The zero-order valence-electron chi connectivity index (χ0n) is 13.7. The van der Waals surface area contributed by atoms with Gasteiger partial charge in [0.05, 0.1) is 0 Å². The second-order valence-electron chi connectivity index (χ2n) is 5.47. The van der Waals surface area contributed by atoms with Gasteiger partial charge in [0.1, 0.15) is 5.78 Å². The van der Waals surface area contributed by atoms with Crippen LogP contribution in [-0.4, -0.2) is 11.1 Å².